The number of hydrogen-bond acceptors (Lipinski definition) is 3. The van der Waals surface area contributed by atoms with Crippen molar-refractivity contribution in [2.75, 3.05) is 0 Å². The number of carboxylic acid groups (broad SMARTS) is 1. The zero-order chi connectivity index (χ0) is 21.7. The molecule has 4 fully saturated rings. The van der Waals surface area contributed by atoms with Crippen LogP contribution in [0.1, 0.15) is 98.3 Å². The fourth-order valence-electron chi connectivity index (χ4n) is 9.09. The molecule has 30 heavy (non-hydrogen) atoms. The van der Waals surface area contributed by atoms with E-state index in [0.29, 0.717) is 35.0 Å². The molecule has 1 unspecified atom stereocenters. The third kappa shape index (κ3) is 3.71. The third-order valence-corrected chi connectivity index (χ3v) is 10.5. The van der Waals surface area contributed by atoms with Crippen molar-refractivity contribution in [3.63, 3.8) is 0 Å². The van der Waals surface area contributed by atoms with Gasteiger partial charge in [0, 0.05) is 13.3 Å². The fraction of sp³-hybridized carbons (Fsp3) is 0.923. The molecule has 4 nitrogen and oxygen atoms in total. The average Bonchev–Trinajstić information content (AvgIpc) is 3.03. The second kappa shape index (κ2) is 8.13. The first-order chi connectivity index (χ1) is 14.1. The van der Waals surface area contributed by atoms with Gasteiger partial charge in [-0.1, -0.05) is 20.8 Å². The lowest BCUT2D eigenvalue weighted by molar-refractivity contribution is -0.160. The molecule has 4 heteroatoms. The van der Waals surface area contributed by atoms with E-state index < -0.39 is 5.97 Å². The molecule has 0 aliphatic heterocycles. The molecule has 170 valence electrons. The minimum atomic E-state index is -0.652. The van der Waals surface area contributed by atoms with E-state index in [4.69, 9.17) is 9.84 Å². The van der Waals surface area contributed by atoms with E-state index in [1.807, 2.05) is 0 Å². The number of hydrogen-bond donors (Lipinski definition) is 1. The van der Waals surface area contributed by atoms with Gasteiger partial charge in [0.15, 0.2) is 0 Å². The summed E-state index contributed by atoms with van der Waals surface area (Å²) in [5.41, 5.74) is 0.811. The first kappa shape index (κ1) is 22.1. The highest BCUT2D eigenvalue weighted by atomic mass is 16.5. The van der Waals surface area contributed by atoms with Crippen LogP contribution in [0.15, 0.2) is 0 Å². The molecule has 0 amide bonds. The summed E-state index contributed by atoms with van der Waals surface area (Å²) in [6.45, 7) is 8.96. The van der Waals surface area contributed by atoms with Crippen LogP contribution in [-0.4, -0.2) is 23.1 Å². The number of carboxylic acids is 1. The highest BCUT2D eigenvalue weighted by Crippen LogP contribution is 2.68. The van der Waals surface area contributed by atoms with Crippen LogP contribution >= 0.6 is 0 Å². The summed E-state index contributed by atoms with van der Waals surface area (Å²) < 4.78 is 5.61. The van der Waals surface area contributed by atoms with E-state index in [-0.39, 0.29) is 12.1 Å². The van der Waals surface area contributed by atoms with Crippen LogP contribution in [0.25, 0.3) is 0 Å². The molecule has 1 N–H and O–H groups in total. The first-order valence-corrected chi connectivity index (χ1v) is 12.5. The van der Waals surface area contributed by atoms with Gasteiger partial charge >= 0.3 is 11.9 Å². The van der Waals surface area contributed by atoms with Crippen LogP contribution in [0.4, 0.5) is 0 Å². The SMILES string of the molecule is CC(=O)O[C@@H]1CC[C@@]2(C)C(CC[C@H]3[C@@H]4CC[C@H]([C@H](C)CCC(=O)O)[C@@]4(C)CC[C@@H]32)C1. The number of carbonyl (C=O) groups excluding carboxylic acids is 1. The Hall–Kier alpha value is -1.06. The van der Waals surface area contributed by atoms with Crippen molar-refractivity contribution in [2.24, 2.45) is 46.3 Å². The van der Waals surface area contributed by atoms with Crippen LogP contribution in [0.3, 0.4) is 0 Å². The Kier molecular flexibility index (Phi) is 6.00. The third-order valence-electron chi connectivity index (χ3n) is 10.5. The van der Waals surface area contributed by atoms with Gasteiger partial charge in [-0.15, -0.1) is 0 Å². The topological polar surface area (TPSA) is 63.6 Å². The lowest BCUT2D eigenvalue weighted by Gasteiger charge is -2.61. The van der Waals surface area contributed by atoms with Gasteiger partial charge in [0.1, 0.15) is 6.10 Å². The van der Waals surface area contributed by atoms with Crippen LogP contribution < -0.4 is 0 Å². The van der Waals surface area contributed by atoms with E-state index in [1.54, 1.807) is 6.92 Å². The molecule has 0 spiro atoms. The molecule has 4 aliphatic carbocycles. The van der Waals surface area contributed by atoms with E-state index >= 15 is 0 Å². The molecule has 9 atom stereocenters. The molecule has 0 radical (unpaired) electrons. The average molecular weight is 419 g/mol. The molecule has 4 aliphatic rings. The maximum atomic E-state index is 11.5. The summed E-state index contributed by atoms with van der Waals surface area (Å²) in [7, 11) is 0. The molecule has 0 aromatic heterocycles. The second-order valence-electron chi connectivity index (χ2n) is 11.8. The summed E-state index contributed by atoms with van der Waals surface area (Å²) in [5.74, 6) is 3.60. The number of aliphatic carboxylic acids is 1. The van der Waals surface area contributed by atoms with Crippen molar-refractivity contribution in [3.05, 3.63) is 0 Å². The molecular weight excluding hydrogens is 376 g/mol. The van der Waals surface area contributed by atoms with Gasteiger partial charge < -0.3 is 9.84 Å². The molecular formula is C26H42O4. The van der Waals surface area contributed by atoms with Gasteiger partial charge in [-0.2, -0.15) is 0 Å². The fourth-order valence-corrected chi connectivity index (χ4v) is 9.09. The minimum Gasteiger partial charge on any atom is -0.481 e. The molecule has 0 bridgehead atoms. The van der Waals surface area contributed by atoms with Crippen molar-refractivity contribution in [1.29, 1.82) is 0 Å². The Labute approximate surface area is 182 Å². The van der Waals surface area contributed by atoms with Gasteiger partial charge in [-0.3, -0.25) is 9.59 Å². The second-order valence-corrected chi connectivity index (χ2v) is 11.8. The Morgan fingerprint density at radius 3 is 2.40 bits per heavy atom. The number of rotatable bonds is 5. The van der Waals surface area contributed by atoms with Crippen molar-refractivity contribution in [3.8, 4) is 0 Å². The van der Waals surface area contributed by atoms with Gasteiger partial charge in [0.25, 0.3) is 0 Å². The van der Waals surface area contributed by atoms with Crippen molar-refractivity contribution in [1.82, 2.24) is 0 Å². The lowest BCUT2D eigenvalue weighted by atomic mass is 9.44. The maximum Gasteiger partial charge on any atom is 0.303 e. The smallest absolute Gasteiger partial charge is 0.303 e. The molecule has 0 aromatic carbocycles. The van der Waals surface area contributed by atoms with E-state index in [9.17, 15) is 9.59 Å². The van der Waals surface area contributed by atoms with Gasteiger partial charge in [0.2, 0.25) is 0 Å². The highest BCUT2D eigenvalue weighted by molar-refractivity contribution is 5.66. The van der Waals surface area contributed by atoms with E-state index in [2.05, 4.69) is 20.8 Å². The number of carbonyl (C=O) groups is 2. The predicted molar refractivity (Wildman–Crippen MR) is 117 cm³/mol. The maximum absolute atomic E-state index is 11.5. The molecule has 0 aromatic rings. The number of esters is 1. The molecule has 4 saturated carbocycles. The first-order valence-electron chi connectivity index (χ1n) is 12.5. The van der Waals surface area contributed by atoms with Gasteiger partial charge in [-0.25, -0.2) is 0 Å². The van der Waals surface area contributed by atoms with E-state index in [0.717, 1.165) is 37.0 Å². The van der Waals surface area contributed by atoms with Crippen LogP contribution in [0.5, 0.6) is 0 Å². The molecule has 0 heterocycles. The number of ether oxygens (including phenoxy) is 1. The van der Waals surface area contributed by atoms with Crippen LogP contribution in [0, 0.1) is 46.3 Å². The Morgan fingerprint density at radius 2 is 1.70 bits per heavy atom. The summed E-state index contributed by atoms with van der Waals surface area (Å²) in [6, 6.07) is 0. The van der Waals surface area contributed by atoms with Gasteiger partial charge in [0.05, 0.1) is 0 Å². The normalized spacial score (nSPS) is 46.3. The Balaban J connectivity index is 1.47. The van der Waals surface area contributed by atoms with E-state index in [1.165, 1.54) is 44.9 Å². The van der Waals surface area contributed by atoms with Crippen LogP contribution in [0.2, 0.25) is 0 Å². The van der Waals surface area contributed by atoms with Crippen molar-refractivity contribution >= 4 is 11.9 Å². The minimum absolute atomic E-state index is 0.125. The zero-order valence-corrected chi connectivity index (χ0v) is 19.5. The monoisotopic (exact) mass is 418 g/mol. The molecule has 0 saturated heterocycles. The van der Waals surface area contributed by atoms with Gasteiger partial charge in [-0.05, 0) is 111 Å². The zero-order valence-electron chi connectivity index (χ0n) is 19.5. The largest absolute Gasteiger partial charge is 0.481 e. The standard InChI is InChI=1S/C26H42O4/c1-16(5-10-24(28)29)21-8-9-22-20-7-6-18-15-19(30-17(2)27)11-13-25(18,3)23(20)12-14-26(21,22)4/h16,18-23H,5-15H2,1-4H3,(H,28,29)/t16-,18?,19-,20+,21-,22+,23+,25+,26-/m1/s1. The summed E-state index contributed by atoms with van der Waals surface area (Å²) in [4.78, 5) is 22.5. The van der Waals surface area contributed by atoms with Crippen molar-refractivity contribution in [2.45, 2.75) is 104 Å². The lowest BCUT2D eigenvalue weighted by Crippen LogP contribution is -2.54. The van der Waals surface area contributed by atoms with Crippen molar-refractivity contribution < 1.29 is 19.4 Å². The number of fused-ring (bicyclic) bond motifs is 5. The Bertz CT molecular complexity index is 674. The quantitative estimate of drug-likeness (QED) is 0.550. The van der Waals surface area contributed by atoms with Crippen LogP contribution in [-0.2, 0) is 14.3 Å². The predicted octanol–water partition coefficient (Wildman–Crippen LogP) is 6.08. The summed E-state index contributed by atoms with van der Waals surface area (Å²) in [6.07, 6.45) is 12.5. The highest BCUT2D eigenvalue weighted by Gasteiger charge is 2.60. The summed E-state index contributed by atoms with van der Waals surface area (Å²) >= 11 is 0. The summed E-state index contributed by atoms with van der Waals surface area (Å²) in [5, 5.41) is 9.13. The Morgan fingerprint density at radius 1 is 1.00 bits per heavy atom. The molecule has 4 rings (SSSR count).